The van der Waals surface area contributed by atoms with Crippen LogP contribution in [0.3, 0.4) is 0 Å². The highest BCUT2D eigenvalue weighted by Crippen LogP contribution is 2.56. The first-order valence-corrected chi connectivity index (χ1v) is 37.6. The molecular weight excluding hydrogens is 1000 g/mol. The number of alkyl halides is 6. The molecular formula is C56H114F6N2O4P2S2. The van der Waals surface area contributed by atoms with E-state index in [0.717, 1.165) is 4.13 Å². The molecule has 0 aliphatic carbocycles. The molecule has 0 aliphatic rings. The minimum Gasteiger partial charge on any atom is -0.421 e. The molecule has 0 N–H and O–H groups in total. The van der Waals surface area contributed by atoms with E-state index in [2.05, 4.69) is 41.5 Å². The minimum atomic E-state index is -6.72. The molecule has 0 saturated heterocycles. The number of rotatable bonds is 50. The largest absolute Gasteiger partial charge is 0.480 e. The van der Waals surface area contributed by atoms with Crippen LogP contribution in [0.2, 0.25) is 0 Å². The van der Waals surface area contributed by atoms with Crippen molar-refractivity contribution in [2.75, 3.05) is 37.0 Å². The van der Waals surface area contributed by atoms with E-state index in [1.165, 1.54) is 307 Å². The van der Waals surface area contributed by atoms with E-state index < -0.39 is 45.2 Å². The smallest absolute Gasteiger partial charge is 0.421 e. The van der Waals surface area contributed by atoms with Gasteiger partial charge in [-0.05, 0) is 38.5 Å². The van der Waals surface area contributed by atoms with Crippen LogP contribution >= 0.6 is 14.1 Å². The maximum absolute atomic E-state index is 11.4. The zero-order valence-corrected chi connectivity index (χ0v) is 50.9. The molecule has 0 atom stereocenters. The van der Waals surface area contributed by atoms with Crippen LogP contribution in [0.15, 0.2) is 0 Å². The average Bonchev–Trinajstić information content (AvgIpc) is 3.31. The van der Waals surface area contributed by atoms with Crippen LogP contribution in [0.4, 0.5) is 26.3 Å². The molecule has 0 aromatic rings. The van der Waals surface area contributed by atoms with Gasteiger partial charge in [0, 0.05) is 37.0 Å². The molecule has 0 aromatic heterocycles. The van der Waals surface area contributed by atoms with Crippen molar-refractivity contribution in [2.24, 2.45) is 0 Å². The summed E-state index contributed by atoms with van der Waals surface area (Å²) in [5.41, 5.74) is -12.4. The Kier molecular flexibility index (Phi) is 48.4. The number of hydrogen-bond donors (Lipinski definition) is 0. The Morgan fingerprint density at radius 2 is 0.417 bits per heavy atom. The van der Waals surface area contributed by atoms with Crippen molar-refractivity contribution in [3.05, 3.63) is 4.13 Å². The van der Waals surface area contributed by atoms with Gasteiger partial charge in [0.05, 0.1) is 0 Å². The fourth-order valence-corrected chi connectivity index (χ4v) is 23.0. The van der Waals surface area contributed by atoms with Gasteiger partial charge >= 0.3 is 11.0 Å². The summed E-state index contributed by atoms with van der Waals surface area (Å²) in [4.78, 5) is 0. The minimum absolute atomic E-state index is 0.778. The van der Waals surface area contributed by atoms with Crippen molar-refractivity contribution >= 4 is 34.2 Å². The van der Waals surface area contributed by atoms with E-state index in [4.69, 9.17) is 4.17 Å². The number of sulfonamides is 2. The van der Waals surface area contributed by atoms with Gasteiger partial charge in [0.1, 0.15) is 0 Å². The number of hydrogen-bond acceptors (Lipinski definition) is 4. The fraction of sp³-hybridized carbons (Fsp3) is 1.00. The third-order valence-corrected chi connectivity index (χ3v) is 26.9. The van der Waals surface area contributed by atoms with Gasteiger partial charge in [-0.2, -0.15) is 30.5 Å². The lowest BCUT2D eigenvalue weighted by atomic mass is 10.1. The van der Waals surface area contributed by atoms with Crippen LogP contribution in [0.1, 0.15) is 311 Å². The molecule has 0 saturated carbocycles. The molecule has 0 fully saturated rings. The molecule has 0 amide bonds. The van der Waals surface area contributed by atoms with Crippen molar-refractivity contribution in [1.29, 1.82) is 0 Å². The second-order valence-electron chi connectivity index (χ2n) is 21.3. The SMILES string of the molecule is CCCCCCCCCP(CCCCCCCCC)(CCCCCCCCC)=[N+]=P(CCCCCCCCC)(CCCCCCCCC)CCCCCCCCC.O=S(=O)([N-]S(=O)(=O)C(F)(F)F)C(F)(F)F. The number of nitrogens with zero attached hydrogens (tertiary/aromatic N) is 2. The quantitative estimate of drug-likeness (QED) is 0.0262. The molecule has 0 aromatic carbocycles. The summed E-state index contributed by atoms with van der Waals surface area (Å²) in [7, 11) is -16.1. The van der Waals surface area contributed by atoms with E-state index in [-0.39, 0.29) is 0 Å². The molecule has 0 spiro atoms. The highest BCUT2D eigenvalue weighted by Gasteiger charge is 2.47. The molecule has 0 bridgehead atoms. The lowest BCUT2D eigenvalue weighted by Crippen LogP contribution is -2.30. The Morgan fingerprint density at radius 3 is 0.556 bits per heavy atom. The van der Waals surface area contributed by atoms with E-state index in [1.54, 1.807) is 0 Å². The first-order valence-electron chi connectivity index (χ1n) is 30.1. The zero-order valence-electron chi connectivity index (χ0n) is 47.4. The molecule has 0 heterocycles. The van der Waals surface area contributed by atoms with Crippen molar-refractivity contribution in [1.82, 2.24) is 4.17 Å². The van der Waals surface area contributed by atoms with E-state index >= 15 is 0 Å². The third kappa shape index (κ3) is 41.2. The van der Waals surface area contributed by atoms with Gasteiger partial charge in [-0.15, -0.1) is 0 Å². The average molecular weight is 1120 g/mol. The van der Waals surface area contributed by atoms with Crippen molar-refractivity contribution < 1.29 is 43.2 Å². The molecule has 0 unspecified atom stereocenters. The first kappa shape index (κ1) is 74.1. The summed E-state index contributed by atoms with van der Waals surface area (Å²) in [6.07, 6.45) is 70.2. The Balaban J connectivity index is 0. The highest BCUT2D eigenvalue weighted by atomic mass is 32.3. The predicted octanol–water partition coefficient (Wildman–Crippen LogP) is 22.0. The summed E-state index contributed by atoms with van der Waals surface area (Å²) in [6.45, 7) is 14.2. The van der Waals surface area contributed by atoms with Crippen molar-refractivity contribution in [3.63, 3.8) is 0 Å². The van der Waals surface area contributed by atoms with Gasteiger partial charge in [-0.3, -0.25) is 0 Å². The normalized spacial score (nSPS) is 12.8. The van der Waals surface area contributed by atoms with E-state index in [1.807, 2.05) is 0 Å². The Hall–Kier alpha value is 0.0100. The first-order chi connectivity index (χ1) is 34.3. The molecule has 6 nitrogen and oxygen atoms in total. The van der Waals surface area contributed by atoms with E-state index in [9.17, 15) is 43.2 Å². The van der Waals surface area contributed by atoms with Crippen LogP contribution in [-0.4, -0.2) is 64.8 Å². The standard InChI is InChI=1S/C54H114NP2.C2F6NO4S2/c1-7-13-19-25-31-37-43-49-56(50-44-38-32-26-20-14-8-2,51-45-39-33-27-21-15-9-3)55-57(52-46-40-34-28-22-16-10-4,53-47-41-35-29-23-17-11-5)54-48-42-36-30-24-18-12-6;3-1(4,5)14(10,11)9-15(12,13)2(6,7)8/h7-54H2,1-6H3;/q+1;-1. The van der Waals surface area contributed by atoms with Gasteiger partial charge in [0.15, 0.2) is 20.0 Å². The monoisotopic (exact) mass is 1120 g/mol. The summed E-state index contributed by atoms with van der Waals surface area (Å²) in [5.74, 6) is 0. The highest BCUT2D eigenvalue weighted by molar-refractivity contribution is 8.13. The molecule has 72 heavy (non-hydrogen) atoms. The maximum atomic E-state index is 11.4. The second-order valence-corrected chi connectivity index (χ2v) is 32.5. The summed E-state index contributed by atoms with van der Waals surface area (Å²) >= 11 is 0. The number of halogens is 6. The lowest BCUT2D eigenvalue weighted by molar-refractivity contribution is -0.0444. The summed E-state index contributed by atoms with van der Waals surface area (Å²) in [5, 5.41) is 0. The molecule has 0 aliphatic heterocycles. The van der Waals surface area contributed by atoms with Crippen molar-refractivity contribution in [2.45, 2.75) is 322 Å². The summed E-state index contributed by atoms with van der Waals surface area (Å²) < 4.78 is 116. The number of unbranched alkanes of at least 4 members (excludes halogenated alkanes) is 36. The molecule has 436 valence electrons. The van der Waals surface area contributed by atoms with Gasteiger partial charge in [-0.1, -0.05) is 273 Å². The van der Waals surface area contributed by atoms with Crippen LogP contribution in [-0.2, 0) is 20.0 Å². The lowest BCUT2D eigenvalue weighted by Gasteiger charge is -2.22. The predicted molar refractivity (Wildman–Crippen MR) is 306 cm³/mol. The van der Waals surface area contributed by atoms with Gasteiger partial charge in [-0.25, -0.2) is 16.8 Å². The Bertz CT molecular complexity index is 1360. The molecule has 0 radical (unpaired) electrons. The van der Waals surface area contributed by atoms with Crippen LogP contribution in [0, 0.1) is 0 Å². The maximum Gasteiger partial charge on any atom is 0.480 e. The zero-order chi connectivity index (χ0) is 54.4. The topological polar surface area (TPSA) is 96.5 Å². The van der Waals surface area contributed by atoms with E-state index in [0.29, 0.717) is 0 Å². The Labute approximate surface area is 442 Å². The van der Waals surface area contributed by atoms with Gasteiger partial charge in [0.2, 0.25) is 14.1 Å². The van der Waals surface area contributed by atoms with Crippen LogP contribution in [0.25, 0.3) is 4.13 Å². The van der Waals surface area contributed by atoms with Crippen molar-refractivity contribution in [3.8, 4) is 0 Å². The Morgan fingerprint density at radius 1 is 0.278 bits per heavy atom. The molecule has 16 heteroatoms. The van der Waals surface area contributed by atoms with Crippen LogP contribution < -0.4 is 4.17 Å². The van der Waals surface area contributed by atoms with Gasteiger partial charge < -0.3 is 4.13 Å². The second kappa shape index (κ2) is 47.0. The summed E-state index contributed by atoms with van der Waals surface area (Å²) in [6, 6.07) is 0. The third-order valence-electron chi connectivity index (χ3n) is 14.2. The fourth-order valence-electron chi connectivity index (χ4n) is 9.73. The van der Waals surface area contributed by atoms with Crippen LogP contribution in [0.5, 0.6) is 0 Å². The molecule has 0 rings (SSSR count). The van der Waals surface area contributed by atoms with Gasteiger partial charge in [0.25, 0.3) is 0 Å².